The van der Waals surface area contributed by atoms with Gasteiger partial charge < -0.3 is 15.3 Å². The number of rotatable bonds is 3. The van der Waals surface area contributed by atoms with Gasteiger partial charge in [0, 0.05) is 6.08 Å². The molecule has 0 aliphatic carbocycles. The molecule has 0 amide bonds. The highest BCUT2D eigenvalue weighted by atomic mass is 16.6. The second-order valence-corrected chi connectivity index (χ2v) is 2.80. The van der Waals surface area contributed by atoms with E-state index in [9.17, 15) is 20.0 Å². The van der Waals surface area contributed by atoms with Crippen molar-refractivity contribution < 1.29 is 25.0 Å². The van der Waals surface area contributed by atoms with Gasteiger partial charge in [-0.1, -0.05) is 0 Å². The van der Waals surface area contributed by atoms with Crippen LogP contribution >= 0.6 is 0 Å². The molecule has 0 saturated heterocycles. The molecule has 0 unspecified atom stereocenters. The lowest BCUT2D eigenvalue weighted by Crippen LogP contribution is -1.93. The highest BCUT2D eigenvalue weighted by molar-refractivity contribution is 5.87. The fourth-order valence-corrected chi connectivity index (χ4v) is 1.07. The lowest BCUT2D eigenvalue weighted by Gasteiger charge is -2.01. The Morgan fingerprint density at radius 1 is 1.38 bits per heavy atom. The van der Waals surface area contributed by atoms with Crippen molar-refractivity contribution in [3.05, 3.63) is 33.9 Å². The van der Waals surface area contributed by atoms with Gasteiger partial charge in [-0.15, -0.1) is 0 Å². The van der Waals surface area contributed by atoms with Crippen molar-refractivity contribution >= 4 is 17.7 Å². The van der Waals surface area contributed by atoms with Crippen LogP contribution in [0.2, 0.25) is 0 Å². The minimum absolute atomic E-state index is 0.109. The number of benzene rings is 1. The lowest BCUT2D eigenvalue weighted by molar-refractivity contribution is -0.386. The summed E-state index contributed by atoms with van der Waals surface area (Å²) in [5.41, 5.74) is -0.847. The van der Waals surface area contributed by atoms with Gasteiger partial charge in [0.05, 0.1) is 10.5 Å². The summed E-state index contributed by atoms with van der Waals surface area (Å²) in [6.45, 7) is 0. The molecule has 0 saturated carbocycles. The maximum atomic E-state index is 10.6. The van der Waals surface area contributed by atoms with E-state index < -0.39 is 28.1 Å². The van der Waals surface area contributed by atoms with Crippen LogP contribution in [-0.2, 0) is 4.79 Å². The van der Waals surface area contributed by atoms with Gasteiger partial charge in [0.2, 0.25) is 5.75 Å². The Morgan fingerprint density at radius 2 is 2.00 bits per heavy atom. The average Bonchev–Trinajstić information content (AvgIpc) is 2.19. The predicted molar refractivity (Wildman–Crippen MR) is 53.1 cm³/mol. The van der Waals surface area contributed by atoms with E-state index in [-0.39, 0.29) is 5.56 Å². The number of phenols is 2. The summed E-state index contributed by atoms with van der Waals surface area (Å²) in [5.74, 6) is -2.81. The number of hydrogen-bond acceptors (Lipinski definition) is 5. The van der Waals surface area contributed by atoms with Crippen molar-refractivity contribution in [2.75, 3.05) is 0 Å². The average molecular weight is 225 g/mol. The second-order valence-electron chi connectivity index (χ2n) is 2.80. The molecule has 7 nitrogen and oxygen atoms in total. The van der Waals surface area contributed by atoms with Crippen LogP contribution in [0, 0.1) is 10.1 Å². The fourth-order valence-electron chi connectivity index (χ4n) is 1.07. The van der Waals surface area contributed by atoms with Crippen LogP contribution in [0.3, 0.4) is 0 Å². The Labute approximate surface area is 89.0 Å². The van der Waals surface area contributed by atoms with Crippen LogP contribution in [0.4, 0.5) is 5.69 Å². The van der Waals surface area contributed by atoms with Gasteiger partial charge in [-0.25, -0.2) is 4.79 Å². The molecule has 0 atom stereocenters. The minimum atomic E-state index is -1.28. The first-order valence-electron chi connectivity index (χ1n) is 4.04. The van der Waals surface area contributed by atoms with Crippen LogP contribution < -0.4 is 0 Å². The van der Waals surface area contributed by atoms with Crippen molar-refractivity contribution in [1.29, 1.82) is 0 Å². The van der Waals surface area contributed by atoms with E-state index in [1.54, 1.807) is 0 Å². The number of carbonyl (C=O) groups is 1. The van der Waals surface area contributed by atoms with Gasteiger partial charge >= 0.3 is 11.7 Å². The van der Waals surface area contributed by atoms with E-state index in [0.29, 0.717) is 6.08 Å². The van der Waals surface area contributed by atoms with Crippen LogP contribution in [0.1, 0.15) is 5.56 Å². The molecular formula is C9H7NO6. The monoisotopic (exact) mass is 225 g/mol. The number of hydrogen-bond donors (Lipinski definition) is 3. The fraction of sp³-hybridized carbons (Fsp3) is 0. The van der Waals surface area contributed by atoms with E-state index in [1.807, 2.05) is 0 Å². The highest BCUT2D eigenvalue weighted by Crippen LogP contribution is 2.38. The lowest BCUT2D eigenvalue weighted by atomic mass is 10.1. The summed E-state index contributed by atoms with van der Waals surface area (Å²) in [7, 11) is 0. The van der Waals surface area contributed by atoms with Gasteiger partial charge in [-0.3, -0.25) is 10.1 Å². The molecule has 0 fully saturated rings. The standard InChI is InChI=1S/C9H7NO6/c11-6-3-1-5(2-4-7(12)13)8(9(6)14)10(15)16/h1-4,11,14H,(H,12,13). The number of carboxylic acids is 1. The maximum absolute atomic E-state index is 10.6. The molecule has 1 rings (SSSR count). The van der Waals surface area contributed by atoms with Gasteiger partial charge in [0.15, 0.2) is 5.75 Å². The van der Waals surface area contributed by atoms with E-state index >= 15 is 0 Å². The Balaban J connectivity index is 3.34. The van der Waals surface area contributed by atoms with Crippen LogP contribution in [0.5, 0.6) is 11.5 Å². The minimum Gasteiger partial charge on any atom is -0.504 e. The van der Waals surface area contributed by atoms with E-state index in [0.717, 1.165) is 18.2 Å². The third kappa shape index (κ3) is 2.27. The number of carboxylic acid groups (broad SMARTS) is 1. The van der Waals surface area contributed by atoms with Crippen LogP contribution in [0.15, 0.2) is 18.2 Å². The van der Waals surface area contributed by atoms with Crippen molar-refractivity contribution in [1.82, 2.24) is 0 Å². The molecule has 84 valence electrons. The Bertz CT molecular complexity index is 479. The number of phenolic OH excluding ortho intramolecular Hbond substituents is 2. The zero-order valence-corrected chi connectivity index (χ0v) is 7.82. The summed E-state index contributed by atoms with van der Waals surface area (Å²) < 4.78 is 0. The van der Waals surface area contributed by atoms with Crippen molar-refractivity contribution in [3.8, 4) is 11.5 Å². The Hall–Kier alpha value is -2.57. The van der Waals surface area contributed by atoms with E-state index in [1.165, 1.54) is 0 Å². The molecule has 0 spiro atoms. The normalized spacial score (nSPS) is 10.5. The molecule has 1 aromatic rings. The summed E-state index contributed by atoms with van der Waals surface area (Å²) in [4.78, 5) is 19.9. The molecule has 0 radical (unpaired) electrons. The SMILES string of the molecule is O=C(O)C=Cc1ccc(O)c(O)c1[N+](=O)[O-]. The van der Waals surface area contributed by atoms with Crippen LogP contribution in [0.25, 0.3) is 6.08 Å². The second kappa shape index (κ2) is 4.30. The summed E-state index contributed by atoms with van der Waals surface area (Å²) in [6, 6.07) is 2.16. The predicted octanol–water partition coefficient (Wildman–Crippen LogP) is 1.10. The van der Waals surface area contributed by atoms with Crippen molar-refractivity contribution in [2.24, 2.45) is 0 Å². The summed E-state index contributed by atoms with van der Waals surface area (Å²) >= 11 is 0. The Kier molecular flexibility index (Phi) is 3.09. The quantitative estimate of drug-likeness (QED) is 0.306. The summed E-state index contributed by atoms with van der Waals surface area (Å²) in [5, 5.41) is 37.2. The molecule has 0 aliphatic rings. The first kappa shape index (κ1) is 11.5. The zero-order chi connectivity index (χ0) is 12.3. The first-order chi connectivity index (χ1) is 7.43. The molecular weight excluding hydrogens is 218 g/mol. The van der Waals surface area contributed by atoms with E-state index in [2.05, 4.69) is 0 Å². The van der Waals surface area contributed by atoms with E-state index in [4.69, 9.17) is 10.2 Å². The van der Waals surface area contributed by atoms with Crippen molar-refractivity contribution in [3.63, 3.8) is 0 Å². The first-order valence-corrected chi connectivity index (χ1v) is 4.04. The molecule has 0 aliphatic heterocycles. The number of nitrogens with zero attached hydrogens (tertiary/aromatic N) is 1. The molecule has 3 N–H and O–H groups in total. The van der Waals surface area contributed by atoms with Gasteiger partial charge in [0.1, 0.15) is 0 Å². The molecule has 16 heavy (non-hydrogen) atoms. The molecule has 7 heteroatoms. The van der Waals surface area contributed by atoms with Crippen LogP contribution in [-0.4, -0.2) is 26.2 Å². The highest BCUT2D eigenvalue weighted by Gasteiger charge is 2.21. The Morgan fingerprint density at radius 3 is 2.50 bits per heavy atom. The number of aliphatic carboxylic acids is 1. The largest absolute Gasteiger partial charge is 0.504 e. The van der Waals surface area contributed by atoms with Gasteiger partial charge in [0.25, 0.3) is 0 Å². The zero-order valence-electron chi connectivity index (χ0n) is 7.82. The molecule has 0 bridgehead atoms. The maximum Gasteiger partial charge on any atom is 0.328 e. The number of nitro groups is 1. The van der Waals surface area contributed by atoms with Gasteiger partial charge in [-0.05, 0) is 18.2 Å². The molecule has 1 aromatic carbocycles. The molecule has 0 aromatic heterocycles. The summed E-state index contributed by atoms with van der Waals surface area (Å²) in [6.07, 6.45) is 1.65. The van der Waals surface area contributed by atoms with Gasteiger partial charge in [-0.2, -0.15) is 0 Å². The number of nitro benzene ring substituents is 1. The topological polar surface area (TPSA) is 121 Å². The van der Waals surface area contributed by atoms with Crippen molar-refractivity contribution in [2.45, 2.75) is 0 Å². The molecule has 0 heterocycles. The third-order valence-corrected chi connectivity index (χ3v) is 1.75. The third-order valence-electron chi connectivity index (χ3n) is 1.75. The number of aromatic hydroxyl groups is 2. The smallest absolute Gasteiger partial charge is 0.328 e.